The van der Waals surface area contributed by atoms with Crippen LogP contribution in [0.1, 0.15) is 82.6 Å². The van der Waals surface area contributed by atoms with Crippen molar-refractivity contribution in [3.05, 3.63) is 69.4 Å². The average molecular weight is 774 g/mol. The summed E-state index contributed by atoms with van der Waals surface area (Å²) in [4.78, 5) is 41.1. The Morgan fingerprint density at radius 2 is 1.67 bits per heavy atom. The Labute approximate surface area is 317 Å². The predicted molar refractivity (Wildman–Crippen MR) is 193 cm³/mol. The van der Waals surface area contributed by atoms with Crippen LogP contribution in [0.2, 0.25) is 0 Å². The van der Waals surface area contributed by atoms with E-state index < -0.39 is 107 Å². The van der Waals surface area contributed by atoms with E-state index in [0.29, 0.717) is 4.88 Å². The minimum atomic E-state index is -2.26. The topological polar surface area (TPSA) is 222 Å². The Hall–Kier alpha value is -3.41. The monoisotopic (exact) mass is 773 g/mol. The molecule has 4 aliphatic rings. The number of carbonyl (C=O) groups is 3. The van der Waals surface area contributed by atoms with Gasteiger partial charge in [-0.25, -0.2) is 14.4 Å². The van der Waals surface area contributed by atoms with E-state index in [-0.39, 0.29) is 29.7 Å². The van der Waals surface area contributed by atoms with E-state index in [1.807, 2.05) is 0 Å². The van der Waals surface area contributed by atoms with Crippen molar-refractivity contribution in [2.75, 3.05) is 6.61 Å². The summed E-state index contributed by atoms with van der Waals surface area (Å²) in [6.07, 6.45) is -12.4. The third-order valence-corrected chi connectivity index (χ3v) is 13.1. The van der Waals surface area contributed by atoms with Crippen molar-refractivity contribution in [3.63, 3.8) is 0 Å². The standard InChI is InChI=1S/C39H51NO13S/c1-19-21(51-33(46)28(43)26(22-14-11-15-54-22)40-34(47)53-35(2,3)4)17-39(49)31(52-32(45)20-12-9-8-10-13-20)29-37(7,23(41)16-24-38(29,48)18-50-24)30(44)27(42)25(19)36(39,5)6/h8-15,21,23-24,26-31,41-44,48-49H,16-18H2,1-7H3,(H,40,47)/t21?,23-,24+,26-,27+,28+,29-,30+,31-,37+,38-,39+/m0/s1. The lowest BCUT2D eigenvalue weighted by Gasteiger charge is -2.68. The molecule has 15 heteroatoms. The molecule has 1 saturated heterocycles. The molecule has 1 amide bonds. The second-order valence-corrected chi connectivity index (χ2v) is 17.8. The Morgan fingerprint density at radius 3 is 2.24 bits per heavy atom. The third kappa shape index (κ3) is 6.45. The van der Waals surface area contributed by atoms with Gasteiger partial charge in [-0.1, -0.05) is 45.0 Å². The highest BCUT2D eigenvalue weighted by atomic mass is 32.1. The smallest absolute Gasteiger partial charge is 0.408 e. The van der Waals surface area contributed by atoms with Crippen molar-refractivity contribution < 1.29 is 64.0 Å². The fraction of sp³-hybridized carbons (Fsp3) is 0.615. The summed E-state index contributed by atoms with van der Waals surface area (Å²) in [7, 11) is 0. The number of aliphatic hydroxyl groups is 6. The first-order chi connectivity index (χ1) is 25.1. The summed E-state index contributed by atoms with van der Waals surface area (Å²) >= 11 is 1.17. The molecular formula is C39H51NO13S. The van der Waals surface area contributed by atoms with Crippen LogP contribution in [0.3, 0.4) is 0 Å². The lowest BCUT2D eigenvalue weighted by atomic mass is 9.44. The Morgan fingerprint density at radius 1 is 1.00 bits per heavy atom. The number of amides is 1. The van der Waals surface area contributed by atoms with Gasteiger partial charge in [0.05, 0.1) is 30.5 Å². The molecule has 296 valence electrons. The number of ether oxygens (including phenoxy) is 4. The van der Waals surface area contributed by atoms with Crippen LogP contribution < -0.4 is 5.32 Å². The second kappa shape index (κ2) is 14.0. The van der Waals surface area contributed by atoms with Gasteiger partial charge < -0.3 is 54.9 Å². The van der Waals surface area contributed by atoms with Gasteiger partial charge in [-0.2, -0.15) is 0 Å². The highest BCUT2D eigenvalue weighted by Crippen LogP contribution is 2.64. The molecule has 2 saturated carbocycles. The first-order valence-electron chi connectivity index (χ1n) is 18.1. The van der Waals surface area contributed by atoms with Crippen LogP contribution >= 0.6 is 11.3 Å². The molecule has 6 rings (SSSR count). The fourth-order valence-corrected chi connectivity index (χ4v) is 9.96. The molecule has 1 unspecified atom stereocenters. The molecule has 54 heavy (non-hydrogen) atoms. The van der Waals surface area contributed by atoms with E-state index >= 15 is 0 Å². The van der Waals surface area contributed by atoms with Crippen LogP contribution in [0.15, 0.2) is 59.0 Å². The molecular weight excluding hydrogens is 722 g/mol. The van der Waals surface area contributed by atoms with Crippen LogP contribution in [-0.4, -0.2) is 115 Å². The maximum absolute atomic E-state index is 13.9. The minimum Gasteiger partial charge on any atom is -0.456 e. The molecule has 0 radical (unpaired) electrons. The van der Waals surface area contributed by atoms with Crippen molar-refractivity contribution in [2.45, 2.75) is 127 Å². The summed E-state index contributed by atoms with van der Waals surface area (Å²) < 4.78 is 23.2. The van der Waals surface area contributed by atoms with Crippen molar-refractivity contribution in [3.8, 4) is 0 Å². The maximum Gasteiger partial charge on any atom is 0.408 e. The van der Waals surface area contributed by atoms with Gasteiger partial charge >= 0.3 is 18.0 Å². The van der Waals surface area contributed by atoms with E-state index in [1.165, 1.54) is 30.4 Å². The van der Waals surface area contributed by atoms with Crippen LogP contribution in [0.25, 0.3) is 0 Å². The summed E-state index contributed by atoms with van der Waals surface area (Å²) in [5.41, 5.74) is -7.85. The summed E-state index contributed by atoms with van der Waals surface area (Å²) in [5, 5.41) is 77.1. The number of benzene rings is 1. The molecule has 2 bridgehead atoms. The lowest BCUT2D eigenvalue weighted by molar-refractivity contribution is -0.363. The summed E-state index contributed by atoms with van der Waals surface area (Å²) in [6, 6.07) is 9.96. The van der Waals surface area contributed by atoms with Gasteiger partial charge in [0.15, 0.2) is 6.10 Å². The summed E-state index contributed by atoms with van der Waals surface area (Å²) in [5.74, 6) is -3.48. The van der Waals surface area contributed by atoms with Crippen molar-refractivity contribution in [2.24, 2.45) is 16.7 Å². The first kappa shape index (κ1) is 40.3. The van der Waals surface area contributed by atoms with Gasteiger partial charge in [-0.05, 0) is 62.4 Å². The van der Waals surface area contributed by atoms with E-state index in [1.54, 1.807) is 77.3 Å². The molecule has 3 aliphatic carbocycles. The molecule has 1 aromatic heterocycles. The Bertz CT molecular complexity index is 1780. The number of aliphatic hydroxyl groups excluding tert-OH is 4. The number of fused-ring (bicyclic) bond motifs is 5. The predicted octanol–water partition coefficient (Wildman–Crippen LogP) is 2.54. The molecule has 2 heterocycles. The number of rotatable bonds is 7. The van der Waals surface area contributed by atoms with Crippen LogP contribution in [0, 0.1) is 16.7 Å². The SMILES string of the molecule is CC1=C2[C@@H](O)[C@@H](O)[C@@]3(C)[C@H]([C@H](OC(=O)c4ccccc4)[C@](O)(CC1OC(=O)[C@H](O)[C@@H](NC(=O)OC(C)(C)C)c1cccs1)C2(C)C)[C@]1(O)CO[C@@H]1C[C@@H]3O. The van der Waals surface area contributed by atoms with E-state index in [2.05, 4.69) is 5.32 Å². The zero-order valence-electron chi connectivity index (χ0n) is 31.4. The second-order valence-electron chi connectivity index (χ2n) is 16.8. The van der Waals surface area contributed by atoms with Gasteiger partial charge in [0.2, 0.25) is 0 Å². The molecule has 1 aromatic carbocycles. The normalized spacial score (nSPS) is 36.9. The maximum atomic E-state index is 13.9. The zero-order valence-corrected chi connectivity index (χ0v) is 32.2. The largest absolute Gasteiger partial charge is 0.456 e. The van der Waals surface area contributed by atoms with Gasteiger partial charge in [-0.3, -0.25) is 0 Å². The first-order valence-corrected chi connectivity index (χ1v) is 18.9. The Balaban J connectivity index is 1.44. The van der Waals surface area contributed by atoms with E-state index in [9.17, 15) is 45.0 Å². The average Bonchev–Trinajstić information content (AvgIpc) is 3.63. The number of hydrogen-bond acceptors (Lipinski definition) is 14. The quantitative estimate of drug-likeness (QED) is 0.122. The van der Waals surface area contributed by atoms with Gasteiger partial charge in [0.25, 0.3) is 0 Å². The highest BCUT2D eigenvalue weighted by Gasteiger charge is 2.76. The summed E-state index contributed by atoms with van der Waals surface area (Å²) in [6.45, 7) is 10.9. The lowest BCUT2D eigenvalue weighted by Crippen LogP contribution is -2.81. The van der Waals surface area contributed by atoms with Gasteiger partial charge in [0, 0.05) is 34.5 Å². The van der Waals surface area contributed by atoms with Crippen molar-refractivity contribution >= 4 is 29.4 Å². The van der Waals surface area contributed by atoms with E-state index in [4.69, 9.17) is 18.9 Å². The van der Waals surface area contributed by atoms with Crippen molar-refractivity contribution in [1.29, 1.82) is 0 Å². The number of thiophene rings is 1. The minimum absolute atomic E-state index is 0.0596. The number of hydrogen-bond donors (Lipinski definition) is 7. The van der Waals surface area contributed by atoms with E-state index in [0.717, 1.165) is 0 Å². The number of carbonyl (C=O) groups excluding carboxylic acids is 3. The molecule has 12 atom stereocenters. The number of esters is 2. The van der Waals surface area contributed by atoms with Crippen LogP contribution in [0.4, 0.5) is 4.79 Å². The molecule has 0 spiro atoms. The molecule has 7 N–H and O–H groups in total. The van der Waals surface area contributed by atoms with Gasteiger partial charge in [-0.15, -0.1) is 11.3 Å². The molecule has 14 nitrogen and oxygen atoms in total. The van der Waals surface area contributed by atoms with Crippen molar-refractivity contribution in [1.82, 2.24) is 5.32 Å². The molecule has 2 aromatic rings. The van der Waals surface area contributed by atoms with Crippen LogP contribution in [0.5, 0.6) is 0 Å². The zero-order chi connectivity index (χ0) is 39.8. The van der Waals surface area contributed by atoms with Gasteiger partial charge in [0.1, 0.15) is 41.2 Å². The molecule has 3 fully saturated rings. The number of nitrogens with one attached hydrogen (secondary N) is 1. The third-order valence-electron chi connectivity index (χ3n) is 12.2. The highest BCUT2D eigenvalue weighted by molar-refractivity contribution is 7.10. The Kier molecular flexibility index (Phi) is 10.4. The fourth-order valence-electron chi connectivity index (χ4n) is 9.15. The molecule has 1 aliphatic heterocycles. The number of alkyl carbamates (subject to hydrolysis) is 1. The van der Waals surface area contributed by atoms with Crippen LogP contribution in [-0.2, 0) is 23.7 Å².